The molecule has 0 aliphatic carbocycles. The molecule has 5 nitrogen and oxygen atoms in total. The summed E-state index contributed by atoms with van der Waals surface area (Å²) in [6.45, 7) is 4.95. The van der Waals surface area contributed by atoms with E-state index in [9.17, 15) is 8.42 Å². The summed E-state index contributed by atoms with van der Waals surface area (Å²) in [5.41, 5.74) is 5.57. The van der Waals surface area contributed by atoms with Gasteiger partial charge in [-0.3, -0.25) is 0 Å². The molecule has 6 heteroatoms. The van der Waals surface area contributed by atoms with Crippen molar-refractivity contribution in [2.24, 2.45) is 5.73 Å². The minimum Gasteiger partial charge on any atom is -0.330 e. The van der Waals surface area contributed by atoms with Crippen molar-refractivity contribution in [1.29, 1.82) is 0 Å². The van der Waals surface area contributed by atoms with Crippen LogP contribution in [0.1, 0.15) is 39.5 Å². The van der Waals surface area contributed by atoms with Crippen LogP contribution in [-0.4, -0.2) is 49.2 Å². The molecule has 0 aromatic rings. The molecule has 1 unspecified atom stereocenters. The quantitative estimate of drug-likeness (QED) is 0.797. The van der Waals surface area contributed by atoms with Gasteiger partial charge < -0.3 is 5.73 Å². The maximum atomic E-state index is 12.4. The number of nitrogens with zero attached hydrogens (tertiary/aromatic N) is 2. The van der Waals surface area contributed by atoms with Crippen LogP contribution in [0.4, 0.5) is 0 Å². The highest BCUT2D eigenvalue weighted by Gasteiger charge is 2.35. The number of rotatable bonds is 5. The van der Waals surface area contributed by atoms with Gasteiger partial charge in [0.25, 0.3) is 10.2 Å². The van der Waals surface area contributed by atoms with Crippen molar-refractivity contribution in [3.05, 3.63) is 0 Å². The van der Waals surface area contributed by atoms with E-state index < -0.39 is 10.2 Å². The smallest absolute Gasteiger partial charge is 0.282 e. The van der Waals surface area contributed by atoms with Crippen LogP contribution in [0, 0.1) is 0 Å². The second-order valence-corrected chi connectivity index (χ2v) is 6.90. The number of piperidine rings is 1. The molecule has 102 valence electrons. The lowest BCUT2D eigenvalue weighted by molar-refractivity contribution is 0.223. The molecule has 1 aliphatic rings. The predicted octanol–water partition coefficient (Wildman–Crippen LogP) is 0.775. The first kappa shape index (κ1) is 14.9. The third-order valence-corrected chi connectivity index (χ3v) is 5.68. The van der Waals surface area contributed by atoms with Gasteiger partial charge in [-0.15, -0.1) is 0 Å². The average Bonchev–Trinajstić information content (AvgIpc) is 2.29. The van der Waals surface area contributed by atoms with E-state index in [2.05, 4.69) is 0 Å². The van der Waals surface area contributed by atoms with E-state index in [0.717, 1.165) is 25.7 Å². The van der Waals surface area contributed by atoms with Crippen molar-refractivity contribution in [2.75, 3.05) is 20.1 Å². The van der Waals surface area contributed by atoms with Crippen molar-refractivity contribution in [3.63, 3.8) is 0 Å². The molecule has 0 amide bonds. The zero-order chi connectivity index (χ0) is 13.1. The highest BCUT2D eigenvalue weighted by atomic mass is 32.2. The minimum absolute atomic E-state index is 0.0135. The maximum absolute atomic E-state index is 12.4. The summed E-state index contributed by atoms with van der Waals surface area (Å²) in [5, 5.41) is 0. The molecule has 0 radical (unpaired) electrons. The molecule has 1 fully saturated rings. The largest absolute Gasteiger partial charge is 0.330 e. The van der Waals surface area contributed by atoms with Gasteiger partial charge in [0.2, 0.25) is 0 Å². The van der Waals surface area contributed by atoms with Gasteiger partial charge in [0, 0.05) is 25.7 Å². The molecule has 1 heterocycles. The molecule has 1 aliphatic heterocycles. The lowest BCUT2D eigenvalue weighted by Crippen LogP contribution is -2.51. The fourth-order valence-corrected chi connectivity index (χ4v) is 4.00. The molecule has 17 heavy (non-hydrogen) atoms. The minimum atomic E-state index is -3.32. The topological polar surface area (TPSA) is 66.6 Å². The average molecular weight is 263 g/mol. The third-order valence-electron chi connectivity index (χ3n) is 3.46. The first-order valence-electron chi connectivity index (χ1n) is 6.36. The highest BCUT2D eigenvalue weighted by Crippen LogP contribution is 2.24. The van der Waals surface area contributed by atoms with Gasteiger partial charge in [-0.1, -0.05) is 6.42 Å². The first-order valence-corrected chi connectivity index (χ1v) is 7.75. The maximum Gasteiger partial charge on any atom is 0.282 e. The molecule has 0 aromatic heterocycles. The van der Waals surface area contributed by atoms with E-state index in [1.807, 2.05) is 13.8 Å². The van der Waals surface area contributed by atoms with Gasteiger partial charge in [0.1, 0.15) is 0 Å². The Kier molecular flexibility index (Phi) is 5.37. The monoisotopic (exact) mass is 263 g/mol. The fourth-order valence-electron chi connectivity index (χ4n) is 2.19. The van der Waals surface area contributed by atoms with Crippen molar-refractivity contribution in [3.8, 4) is 0 Å². The Morgan fingerprint density at radius 1 is 1.41 bits per heavy atom. The Morgan fingerprint density at radius 2 is 2.06 bits per heavy atom. The molecule has 1 atom stereocenters. The van der Waals surface area contributed by atoms with Crippen LogP contribution in [0.15, 0.2) is 0 Å². The molecule has 2 N–H and O–H groups in total. The van der Waals surface area contributed by atoms with E-state index in [1.165, 1.54) is 4.31 Å². The summed E-state index contributed by atoms with van der Waals surface area (Å²) >= 11 is 0. The van der Waals surface area contributed by atoms with Crippen LogP contribution in [-0.2, 0) is 10.2 Å². The molecule has 0 aromatic carbocycles. The van der Waals surface area contributed by atoms with Crippen molar-refractivity contribution >= 4 is 10.2 Å². The van der Waals surface area contributed by atoms with Gasteiger partial charge >= 0.3 is 0 Å². The van der Waals surface area contributed by atoms with E-state index in [1.54, 1.807) is 11.4 Å². The molecule has 0 bridgehead atoms. The van der Waals surface area contributed by atoms with Crippen LogP contribution in [0.25, 0.3) is 0 Å². The summed E-state index contributed by atoms with van der Waals surface area (Å²) < 4.78 is 27.9. The van der Waals surface area contributed by atoms with Crippen LogP contribution >= 0.6 is 0 Å². The second-order valence-electron chi connectivity index (χ2n) is 4.96. The van der Waals surface area contributed by atoms with E-state index in [4.69, 9.17) is 5.73 Å². The Bertz CT molecular complexity index is 328. The lowest BCUT2D eigenvalue weighted by atomic mass is 10.0. The van der Waals surface area contributed by atoms with Gasteiger partial charge in [-0.2, -0.15) is 17.0 Å². The standard InChI is InChI=1S/C11H25N3O2S/c1-10(2)13(3)17(15,16)14-9-5-4-6-11(14)7-8-12/h10-11H,4-9,12H2,1-3H3. The molecular formula is C11H25N3O2S. The first-order chi connectivity index (χ1) is 7.91. The summed E-state index contributed by atoms with van der Waals surface area (Å²) in [6, 6.07) is 0.0698. The summed E-state index contributed by atoms with van der Waals surface area (Å²) in [7, 11) is -1.67. The SMILES string of the molecule is CC(C)N(C)S(=O)(=O)N1CCCCC1CCN. The van der Waals surface area contributed by atoms with Crippen molar-refractivity contribution < 1.29 is 8.42 Å². The molecule has 1 rings (SSSR count). The number of hydrogen-bond acceptors (Lipinski definition) is 3. The van der Waals surface area contributed by atoms with Crippen molar-refractivity contribution in [2.45, 2.75) is 51.6 Å². The molecule has 0 saturated carbocycles. The summed E-state index contributed by atoms with van der Waals surface area (Å²) in [4.78, 5) is 0. The molecule has 0 spiro atoms. The third kappa shape index (κ3) is 3.40. The normalized spacial score (nSPS) is 23.5. The van der Waals surface area contributed by atoms with Gasteiger partial charge in [-0.05, 0) is 39.7 Å². The number of nitrogens with two attached hydrogens (primary N) is 1. The molecular weight excluding hydrogens is 238 g/mol. The van der Waals surface area contributed by atoms with Crippen LogP contribution in [0.5, 0.6) is 0 Å². The van der Waals surface area contributed by atoms with E-state index >= 15 is 0 Å². The summed E-state index contributed by atoms with van der Waals surface area (Å²) in [5.74, 6) is 0. The zero-order valence-corrected chi connectivity index (χ0v) is 11.9. The van der Waals surface area contributed by atoms with Crippen molar-refractivity contribution in [1.82, 2.24) is 8.61 Å². The predicted molar refractivity (Wildman–Crippen MR) is 69.8 cm³/mol. The van der Waals surface area contributed by atoms with Crippen LogP contribution in [0.3, 0.4) is 0 Å². The van der Waals surface area contributed by atoms with Gasteiger partial charge in [0.05, 0.1) is 0 Å². The van der Waals surface area contributed by atoms with E-state index in [-0.39, 0.29) is 12.1 Å². The lowest BCUT2D eigenvalue weighted by Gasteiger charge is -2.38. The zero-order valence-electron chi connectivity index (χ0n) is 11.1. The van der Waals surface area contributed by atoms with Crippen LogP contribution in [0.2, 0.25) is 0 Å². The molecule has 1 saturated heterocycles. The second kappa shape index (κ2) is 6.13. The Balaban J connectivity index is 2.86. The Hall–Kier alpha value is -0.170. The van der Waals surface area contributed by atoms with Gasteiger partial charge in [0.15, 0.2) is 0 Å². The summed E-state index contributed by atoms with van der Waals surface area (Å²) in [6.07, 6.45) is 3.74. The Labute approximate surface area is 105 Å². The van der Waals surface area contributed by atoms with Crippen LogP contribution < -0.4 is 5.73 Å². The number of hydrogen-bond donors (Lipinski definition) is 1. The Morgan fingerprint density at radius 3 is 2.59 bits per heavy atom. The highest BCUT2D eigenvalue weighted by molar-refractivity contribution is 7.86. The van der Waals surface area contributed by atoms with Gasteiger partial charge in [-0.25, -0.2) is 0 Å². The fraction of sp³-hybridized carbons (Fsp3) is 1.00. The van der Waals surface area contributed by atoms with E-state index in [0.29, 0.717) is 13.1 Å².